The van der Waals surface area contributed by atoms with Crippen molar-refractivity contribution in [3.05, 3.63) is 64.9 Å². The normalized spacial score (nSPS) is 20.3. The Morgan fingerprint density at radius 2 is 2.00 bits per heavy atom. The molecule has 0 saturated heterocycles. The van der Waals surface area contributed by atoms with Gasteiger partial charge in [-0.25, -0.2) is 9.37 Å². The predicted molar refractivity (Wildman–Crippen MR) is 123 cm³/mol. The number of hydrogen-bond donors (Lipinski definition) is 2. The number of carbonyl (C=O) groups excluding carboxylic acids is 1. The summed E-state index contributed by atoms with van der Waals surface area (Å²) in [6.45, 7) is 2.34. The summed E-state index contributed by atoms with van der Waals surface area (Å²) in [5.41, 5.74) is 2.16. The molecule has 178 valence electrons. The number of aliphatic carboxylic acids is 1. The van der Waals surface area contributed by atoms with Crippen LogP contribution in [-0.2, 0) is 11.2 Å². The van der Waals surface area contributed by atoms with Crippen molar-refractivity contribution < 1.29 is 23.8 Å². The third kappa shape index (κ3) is 4.02. The van der Waals surface area contributed by atoms with Gasteiger partial charge < -0.3 is 15.2 Å². The van der Waals surface area contributed by atoms with Crippen molar-refractivity contribution in [2.75, 3.05) is 6.61 Å². The molecule has 1 saturated carbocycles. The van der Waals surface area contributed by atoms with Gasteiger partial charge in [0, 0.05) is 11.8 Å². The van der Waals surface area contributed by atoms with Gasteiger partial charge in [0.05, 0.1) is 24.3 Å². The van der Waals surface area contributed by atoms with Crippen molar-refractivity contribution in [3.63, 3.8) is 0 Å². The second kappa shape index (κ2) is 9.08. The Morgan fingerprint density at radius 3 is 2.76 bits per heavy atom. The van der Waals surface area contributed by atoms with Gasteiger partial charge in [0.25, 0.3) is 5.91 Å². The molecular formula is C26H28FN3O4. The molecule has 1 fully saturated rings. The molecule has 2 heterocycles. The number of halogens is 1. The highest BCUT2D eigenvalue weighted by atomic mass is 19.1. The summed E-state index contributed by atoms with van der Waals surface area (Å²) in [5, 5.41) is 12.5. The molecule has 2 aliphatic carbocycles. The van der Waals surface area contributed by atoms with Gasteiger partial charge in [-0.15, -0.1) is 0 Å². The largest absolute Gasteiger partial charge is 0.489 e. The smallest absolute Gasteiger partial charge is 0.309 e. The molecule has 2 aromatic heterocycles. The van der Waals surface area contributed by atoms with E-state index in [1.807, 2.05) is 6.07 Å². The number of benzene rings is 1. The van der Waals surface area contributed by atoms with E-state index in [4.69, 9.17) is 4.74 Å². The van der Waals surface area contributed by atoms with Crippen LogP contribution in [0.1, 0.15) is 65.5 Å². The minimum atomic E-state index is -1.07. The number of carboxylic acids is 1. The van der Waals surface area contributed by atoms with Gasteiger partial charge in [-0.1, -0.05) is 31.4 Å². The average molecular weight is 466 g/mol. The molecule has 0 unspecified atom stereocenters. The number of aryl methyl sites for hydroxylation is 1. The van der Waals surface area contributed by atoms with E-state index in [1.54, 1.807) is 35.7 Å². The van der Waals surface area contributed by atoms with E-state index in [9.17, 15) is 19.1 Å². The number of imidazole rings is 1. The lowest BCUT2D eigenvalue weighted by atomic mass is 9.90. The fourth-order valence-electron chi connectivity index (χ4n) is 5.38. The summed E-state index contributed by atoms with van der Waals surface area (Å²) in [7, 11) is 0. The molecule has 34 heavy (non-hydrogen) atoms. The first kappa shape index (κ1) is 22.4. The molecule has 2 atom stereocenters. The van der Waals surface area contributed by atoms with E-state index in [-0.39, 0.29) is 17.7 Å². The number of aromatic nitrogens is 2. The Bertz CT molecular complexity index is 1250. The molecule has 3 aromatic rings. The summed E-state index contributed by atoms with van der Waals surface area (Å²) in [5.74, 6) is -1.89. The predicted octanol–water partition coefficient (Wildman–Crippen LogP) is 4.47. The zero-order valence-electron chi connectivity index (χ0n) is 19.1. The number of rotatable bonds is 6. The van der Waals surface area contributed by atoms with Gasteiger partial charge in [0.1, 0.15) is 11.5 Å². The second-order valence-corrected chi connectivity index (χ2v) is 9.34. The monoisotopic (exact) mass is 465 g/mol. The lowest BCUT2D eigenvalue weighted by Gasteiger charge is -2.21. The molecule has 5 rings (SSSR count). The van der Waals surface area contributed by atoms with Gasteiger partial charge in [-0.3, -0.25) is 14.0 Å². The van der Waals surface area contributed by atoms with Crippen molar-refractivity contribution in [2.24, 2.45) is 11.8 Å². The van der Waals surface area contributed by atoms with Crippen LogP contribution in [-0.4, -0.2) is 33.0 Å². The molecule has 1 amide bonds. The number of pyridine rings is 1. The maximum atomic E-state index is 14.6. The van der Waals surface area contributed by atoms with Crippen molar-refractivity contribution in [1.29, 1.82) is 0 Å². The van der Waals surface area contributed by atoms with E-state index in [0.717, 1.165) is 12.8 Å². The van der Waals surface area contributed by atoms with Crippen LogP contribution < -0.4 is 10.1 Å². The Kier molecular flexibility index (Phi) is 5.98. The maximum absolute atomic E-state index is 14.6. The highest BCUT2D eigenvalue weighted by molar-refractivity contribution is 5.95. The van der Waals surface area contributed by atoms with E-state index in [0.29, 0.717) is 35.2 Å². The number of nitrogens with zero attached hydrogens (tertiary/aromatic N) is 2. The summed E-state index contributed by atoms with van der Waals surface area (Å²) in [6, 6.07) is 7.23. The topological polar surface area (TPSA) is 92.9 Å². The number of carbonyl (C=O) groups is 2. The van der Waals surface area contributed by atoms with Crippen molar-refractivity contribution >= 4 is 17.5 Å². The molecule has 1 aromatic carbocycles. The lowest BCUT2D eigenvalue weighted by Crippen LogP contribution is -2.35. The van der Waals surface area contributed by atoms with Gasteiger partial charge >= 0.3 is 5.97 Å². The zero-order valence-corrected chi connectivity index (χ0v) is 19.1. The highest BCUT2D eigenvalue weighted by Gasteiger charge is 2.40. The Balaban J connectivity index is 1.42. The molecule has 2 aliphatic rings. The van der Waals surface area contributed by atoms with Crippen molar-refractivity contribution in [3.8, 4) is 5.75 Å². The zero-order chi connectivity index (χ0) is 23.8. The third-order valence-electron chi connectivity index (χ3n) is 7.10. The van der Waals surface area contributed by atoms with Crippen molar-refractivity contribution in [1.82, 2.24) is 14.7 Å². The fourth-order valence-corrected chi connectivity index (χ4v) is 5.38. The standard InChI is InChI=1S/C26H28FN3O4/c1-15-23(25(31)29-22-18(26(32)33)13-17-9-5-10-19(27)21(17)22)30-12-6-11-20(24(30)28-15)34-14-16-7-3-2-4-8-16/h5-6,9-12,16,18,22H,2-4,7-8,13-14H2,1H3,(H,29,31)(H,32,33)/t18-,22+/m1/s1. The van der Waals surface area contributed by atoms with Gasteiger partial charge in [0.2, 0.25) is 0 Å². The highest BCUT2D eigenvalue weighted by Crippen LogP contribution is 2.38. The number of hydrogen-bond acceptors (Lipinski definition) is 4. The molecule has 0 bridgehead atoms. The third-order valence-corrected chi connectivity index (χ3v) is 7.10. The second-order valence-electron chi connectivity index (χ2n) is 9.34. The molecule has 2 N–H and O–H groups in total. The minimum Gasteiger partial charge on any atom is -0.489 e. The van der Waals surface area contributed by atoms with E-state index >= 15 is 0 Å². The van der Waals surface area contributed by atoms with Crippen LogP contribution in [0, 0.1) is 24.6 Å². The van der Waals surface area contributed by atoms with Crippen LogP contribution in [0.3, 0.4) is 0 Å². The molecule has 0 radical (unpaired) electrons. The summed E-state index contributed by atoms with van der Waals surface area (Å²) in [6.07, 6.45) is 7.96. The van der Waals surface area contributed by atoms with Crippen LogP contribution in [0.5, 0.6) is 5.75 Å². The quantitative estimate of drug-likeness (QED) is 0.560. The Hall–Kier alpha value is -3.42. The van der Waals surface area contributed by atoms with Crippen LogP contribution in [0.4, 0.5) is 4.39 Å². The maximum Gasteiger partial charge on any atom is 0.309 e. The van der Waals surface area contributed by atoms with Gasteiger partial charge in [-0.05, 0) is 55.9 Å². The van der Waals surface area contributed by atoms with E-state index in [1.165, 1.54) is 25.3 Å². The summed E-state index contributed by atoms with van der Waals surface area (Å²) < 4.78 is 22.4. The summed E-state index contributed by atoms with van der Waals surface area (Å²) in [4.78, 5) is 29.8. The SMILES string of the molecule is Cc1nc2c(OCC3CCCCC3)cccn2c1C(=O)N[C@@H]1c2c(F)cccc2C[C@H]1C(=O)O. The van der Waals surface area contributed by atoms with E-state index in [2.05, 4.69) is 10.3 Å². The first-order chi connectivity index (χ1) is 16.4. The average Bonchev–Trinajstić information content (AvgIpc) is 3.36. The van der Waals surface area contributed by atoms with Crippen LogP contribution in [0.15, 0.2) is 36.5 Å². The van der Waals surface area contributed by atoms with Gasteiger partial charge in [-0.2, -0.15) is 0 Å². The molecule has 8 heteroatoms. The lowest BCUT2D eigenvalue weighted by molar-refractivity contribution is -0.142. The molecule has 0 spiro atoms. The first-order valence-electron chi connectivity index (χ1n) is 11.9. The van der Waals surface area contributed by atoms with Crippen LogP contribution >= 0.6 is 0 Å². The number of amides is 1. The van der Waals surface area contributed by atoms with Crippen LogP contribution in [0.2, 0.25) is 0 Å². The number of carboxylic acid groups (broad SMARTS) is 1. The summed E-state index contributed by atoms with van der Waals surface area (Å²) >= 11 is 0. The minimum absolute atomic E-state index is 0.165. The van der Waals surface area contributed by atoms with Crippen molar-refractivity contribution in [2.45, 2.75) is 51.5 Å². The first-order valence-corrected chi connectivity index (χ1v) is 11.9. The Labute approximate surface area is 197 Å². The number of fused-ring (bicyclic) bond motifs is 2. The number of nitrogens with one attached hydrogen (secondary N) is 1. The fraction of sp³-hybridized carbons (Fsp3) is 0.423. The molecule has 0 aliphatic heterocycles. The van der Waals surface area contributed by atoms with E-state index < -0.39 is 29.7 Å². The molecule has 7 nitrogen and oxygen atoms in total. The molecular weight excluding hydrogens is 437 g/mol. The Morgan fingerprint density at radius 1 is 1.21 bits per heavy atom. The van der Waals surface area contributed by atoms with Gasteiger partial charge in [0.15, 0.2) is 11.4 Å². The number of ether oxygens (including phenoxy) is 1. The van der Waals surface area contributed by atoms with Crippen LogP contribution in [0.25, 0.3) is 5.65 Å².